The van der Waals surface area contributed by atoms with Gasteiger partial charge in [-0.05, 0) is 66.7 Å². The molecule has 13 nitrogen and oxygen atoms in total. The minimum Gasteiger partial charge on any atom is -0.354 e. The van der Waals surface area contributed by atoms with Gasteiger partial charge in [0.1, 0.15) is 10.3 Å². The molecule has 0 aliphatic rings. The number of para-hydroxylation sites is 1. The maximum atomic E-state index is 12.8. The minimum atomic E-state index is -4.64. The molecule has 0 aliphatic heterocycles. The standard InChI is InChI=1S/C24H19N5O8S2.2Na/c30-21-13-12-20(24(31)23(21)29-26-16-6-9-18(10-7-16)38(32,33)34)28-27-17-8-11-19(22(14-17)39(35,36)37)25-15-4-2-1-3-5-15;;/h1-14,25-27H,(H,32,33,34)(H,35,36,37);;. The summed E-state index contributed by atoms with van der Waals surface area (Å²) in [6.07, 6.45) is 0. The Morgan fingerprint density at radius 1 is 0.634 bits per heavy atom. The molecule has 0 saturated heterocycles. The van der Waals surface area contributed by atoms with Crippen LogP contribution in [0.15, 0.2) is 115 Å². The minimum absolute atomic E-state index is 0. The fourth-order valence-electron chi connectivity index (χ4n) is 3.27. The van der Waals surface area contributed by atoms with E-state index < -0.39 is 41.3 Å². The normalized spacial score (nSPS) is 12.1. The Morgan fingerprint density at radius 3 is 1.85 bits per heavy atom. The van der Waals surface area contributed by atoms with Crippen molar-refractivity contribution in [3.05, 3.63) is 116 Å². The molecule has 4 aromatic rings. The summed E-state index contributed by atoms with van der Waals surface area (Å²) in [7, 11) is -9.03. The number of benzene rings is 4. The fraction of sp³-hybridized carbons (Fsp3) is 0. The summed E-state index contributed by atoms with van der Waals surface area (Å²) in [6.45, 7) is 0. The molecule has 4 aromatic carbocycles. The van der Waals surface area contributed by atoms with Crippen molar-refractivity contribution in [1.82, 2.24) is 0 Å². The first-order valence-corrected chi connectivity index (χ1v) is 13.8. The summed E-state index contributed by atoms with van der Waals surface area (Å²) in [5, 5.41) is 9.87. The molecule has 0 atom stereocenters. The van der Waals surface area contributed by atoms with Gasteiger partial charge in [0.05, 0.1) is 22.0 Å². The van der Waals surface area contributed by atoms with Gasteiger partial charge >= 0.3 is 0 Å². The van der Waals surface area contributed by atoms with Crippen LogP contribution in [-0.2, 0) is 20.2 Å². The molecule has 41 heavy (non-hydrogen) atoms. The van der Waals surface area contributed by atoms with Gasteiger partial charge in [-0.15, -0.1) is 0 Å². The number of nitrogens with zero attached hydrogens (tertiary/aromatic N) is 2. The van der Waals surface area contributed by atoms with Gasteiger partial charge in [-0.1, -0.05) is 18.2 Å². The number of rotatable bonds is 8. The Bertz CT molecular complexity index is 1980. The molecule has 4 rings (SSSR count). The largest absolute Gasteiger partial charge is 0.354 e. The molecular formula is C24H19N5Na2O8S2. The van der Waals surface area contributed by atoms with Crippen molar-refractivity contribution in [2.45, 2.75) is 9.79 Å². The quantitative estimate of drug-likeness (QED) is 0.106. The number of anilines is 4. The van der Waals surface area contributed by atoms with Crippen molar-refractivity contribution < 1.29 is 25.9 Å². The third kappa shape index (κ3) is 9.14. The van der Waals surface area contributed by atoms with E-state index in [1.54, 1.807) is 30.3 Å². The number of hydrogen-bond acceptors (Lipinski definition) is 11. The van der Waals surface area contributed by atoms with E-state index in [2.05, 4.69) is 26.4 Å². The van der Waals surface area contributed by atoms with E-state index in [-0.39, 0.29) is 86.4 Å². The van der Waals surface area contributed by atoms with Gasteiger partial charge in [-0.25, -0.2) is 0 Å². The van der Waals surface area contributed by atoms with Gasteiger partial charge in [-0.2, -0.15) is 27.0 Å². The van der Waals surface area contributed by atoms with Crippen LogP contribution in [0.25, 0.3) is 0 Å². The molecule has 2 radical (unpaired) electrons. The summed E-state index contributed by atoms with van der Waals surface area (Å²) in [6, 6.07) is 19.6. The number of nitrogens with one attached hydrogen (secondary N) is 3. The van der Waals surface area contributed by atoms with Crippen molar-refractivity contribution in [2.75, 3.05) is 16.2 Å². The van der Waals surface area contributed by atoms with Crippen molar-refractivity contribution in [3.8, 4) is 0 Å². The second-order valence-electron chi connectivity index (χ2n) is 7.88. The molecule has 0 bridgehead atoms. The Morgan fingerprint density at radius 2 is 1.24 bits per heavy atom. The van der Waals surface area contributed by atoms with Crippen LogP contribution in [0.2, 0.25) is 0 Å². The SMILES string of the molecule is O=c1ccc(=NNc2ccc(Nc3ccccc3)c(S(=O)(=O)O)c2)c(=O)c1=NNc1ccc(S(=O)(=O)O)cc1.[Na].[Na]. The van der Waals surface area contributed by atoms with Gasteiger partial charge < -0.3 is 5.32 Å². The van der Waals surface area contributed by atoms with E-state index in [0.29, 0.717) is 5.69 Å². The van der Waals surface area contributed by atoms with Gasteiger partial charge in [0.2, 0.25) is 10.9 Å². The van der Waals surface area contributed by atoms with E-state index in [1.807, 2.05) is 0 Å². The predicted molar refractivity (Wildman–Crippen MR) is 153 cm³/mol. The maximum Gasteiger partial charge on any atom is 0.296 e. The molecule has 202 valence electrons. The molecule has 0 aromatic heterocycles. The molecule has 5 N–H and O–H groups in total. The van der Waals surface area contributed by atoms with Gasteiger partial charge in [0, 0.05) is 64.8 Å². The van der Waals surface area contributed by atoms with Crippen LogP contribution < -0.4 is 37.7 Å². The Balaban J connectivity index is 0.00000294. The van der Waals surface area contributed by atoms with Crippen LogP contribution >= 0.6 is 0 Å². The molecule has 0 fully saturated rings. The fourth-order valence-corrected chi connectivity index (χ4v) is 4.42. The molecule has 0 heterocycles. The van der Waals surface area contributed by atoms with Crippen LogP contribution in [0.4, 0.5) is 22.7 Å². The maximum absolute atomic E-state index is 12.8. The number of hydrogen-bond donors (Lipinski definition) is 5. The summed E-state index contributed by atoms with van der Waals surface area (Å²) >= 11 is 0. The van der Waals surface area contributed by atoms with Crippen LogP contribution in [0.5, 0.6) is 0 Å². The van der Waals surface area contributed by atoms with Crippen LogP contribution in [0.3, 0.4) is 0 Å². The summed E-state index contributed by atoms with van der Waals surface area (Å²) in [4.78, 5) is 24.2. The monoisotopic (exact) mass is 615 g/mol. The average molecular weight is 616 g/mol. The topological polar surface area (TPSA) is 204 Å². The first-order valence-electron chi connectivity index (χ1n) is 10.9. The molecule has 0 amide bonds. The van der Waals surface area contributed by atoms with E-state index in [4.69, 9.17) is 4.55 Å². The Kier molecular flexibility index (Phi) is 12.2. The van der Waals surface area contributed by atoms with E-state index in [9.17, 15) is 31.0 Å². The second-order valence-corrected chi connectivity index (χ2v) is 10.7. The van der Waals surface area contributed by atoms with E-state index >= 15 is 0 Å². The first-order chi connectivity index (χ1) is 18.4. The van der Waals surface area contributed by atoms with Crippen molar-refractivity contribution in [3.63, 3.8) is 0 Å². The zero-order valence-electron chi connectivity index (χ0n) is 21.6. The molecule has 0 unspecified atom stereocenters. The molecule has 0 aliphatic carbocycles. The Labute approximate surface area is 277 Å². The Hall–Kier alpha value is -2.70. The zero-order valence-corrected chi connectivity index (χ0v) is 27.3. The summed E-state index contributed by atoms with van der Waals surface area (Å²) < 4.78 is 65.0. The van der Waals surface area contributed by atoms with Crippen molar-refractivity contribution in [1.29, 1.82) is 0 Å². The first kappa shape index (κ1) is 34.5. The summed E-state index contributed by atoms with van der Waals surface area (Å²) in [5.41, 5.74) is 4.44. The third-order valence-electron chi connectivity index (χ3n) is 5.14. The van der Waals surface area contributed by atoms with Gasteiger partial charge in [0.25, 0.3) is 20.2 Å². The van der Waals surface area contributed by atoms with Gasteiger partial charge in [-0.3, -0.25) is 29.5 Å². The molecular weight excluding hydrogens is 596 g/mol. The van der Waals surface area contributed by atoms with Crippen LogP contribution in [0.1, 0.15) is 0 Å². The van der Waals surface area contributed by atoms with Crippen LogP contribution in [0, 0.1) is 0 Å². The zero-order chi connectivity index (χ0) is 28.2. The molecule has 17 heteroatoms. The molecule has 0 spiro atoms. The average Bonchev–Trinajstić information content (AvgIpc) is 2.88. The smallest absolute Gasteiger partial charge is 0.296 e. The van der Waals surface area contributed by atoms with Gasteiger partial charge in [0.15, 0.2) is 5.36 Å². The summed E-state index contributed by atoms with van der Waals surface area (Å²) in [5.74, 6) is 0. The van der Waals surface area contributed by atoms with Crippen molar-refractivity contribution in [2.24, 2.45) is 10.2 Å². The van der Waals surface area contributed by atoms with E-state index in [1.165, 1.54) is 24.3 Å². The molecule has 0 saturated carbocycles. The second kappa shape index (κ2) is 14.5. The van der Waals surface area contributed by atoms with E-state index in [0.717, 1.165) is 30.3 Å². The van der Waals surface area contributed by atoms with Crippen LogP contribution in [-0.4, -0.2) is 85.1 Å². The van der Waals surface area contributed by atoms with Crippen molar-refractivity contribution >= 4 is 102 Å². The third-order valence-corrected chi connectivity index (χ3v) is 6.90. The predicted octanol–water partition coefficient (Wildman–Crippen LogP) is 0.614.